The Balaban J connectivity index is 2.15. The molecule has 0 spiro atoms. The first-order valence-electron chi connectivity index (χ1n) is 10.4. The number of allylic oxidation sites excluding steroid dienone is 3. The first-order chi connectivity index (χ1) is 15.5. The maximum atomic E-state index is 11.8. The Labute approximate surface area is 194 Å². The van der Waals surface area contributed by atoms with Gasteiger partial charge in [0.15, 0.2) is 11.9 Å². The fourth-order valence-corrected chi connectivity index (χ4v) is 3.14. The lowest BCUT2D eigenvalue weighted by atomic mass is 10.1. The lowest BCUT2D eigenvalue weighted by molar-refractivity contribution is -0.158. The highest BCUT2D eigenvalue weighted by atomic mass is 35.5. The van der Waals surface area contributed by atoms with Crippen molar-refractivity contribution in [1.29, 1.82) is 0 Å². The predicted octanol–water partition coefficient (Wildman–Crippen LogP) is 5.03. The maximum Gasteiger partial charge on any atom is 0.303 e. The van der Waals surface area contributed by atoms with Gasteiger partial charge in [-0.1, -0.05) is 78.9 Å². The standard InChI is InChI=1S/C26H29ClO5/c1-20(28)24(16-27)14-9-15-25(31-18-23-12-7-4-8-13-23)26(32-21(2)29)19-30-17-22-10-5-3-6-11-22/h3-15,25-26H,16-19H2,1-2H3/b15-9+,24-14+/t25-,26-/m0/s1. The Kier molecular flexibility index (Phi) is 11.5. The first kappa shape index (κ1) is 25.5. The van der Waals surface area contributed by atoms with Gasteiger partial charge in [0.1, 0.15) is 6.10 Å². The predicted molar refractivity (Wildman–Crippen MR) is 125 cm³/mol. The van der Waals surface area contributed by atoms with Crippen molar-refractivity contribution in [3.63, 3.8) is 0 Å². The summed E-state index contributed by atoms with van der Waals surface area (Å²) >= 11 is 5.83. The van der Waals surface area contributed by atoms with Crippen LogP contribution in [-0.2, 0) is 37.0 Å². The molecule has 0 radical (unpaired) electrons. The van der Waals surface area contributed by atoms with Gasteiger partial charge in [0.05, 0.1) is 25.7 Å². The van der Waals surface area contributed by atoms with E-state index in [9.17, 15) is 9.59 Å². The van der Waals surface area contributed by atoms with Crippen LogP contribution in [0.25, 0.3) is 0 Å². The highest BCUT2D eigenvalue weighted by molar-refractivity contribution is 6.22. The molecule has 0 aliphatic rings. The molecular formula is C26H29ClO5. The Hall–Kier alpha value is -2.73. The molecule has 0 unspecified atom stereocenters. The van der Waals surface area contributed by atoms with E-state index >= 15 is 0 Å². The van der Waals surface area contributed by atoms with E-state index in [1.807, 2.05) is 60.7 Å². The minimum Gasteiger partial charge on any atom is -0.457 e. The van der Waals surface area contributed by atoms with Crippen molar-refractivity contribution in [3.05, 3.63) is 95.6 Å². The molecular weight excluding hydrogens is 428 g/mol. The van der Waals surface area contributed by atoms with Crippen molar-refractivity contribution in [1.82, 2.24) is 0 Å². The molecule has 0 fully saturated rings. The second kappa shape index (κ2) is 14.4. The minimum absolute atomic E-state index is 0.103. The van der Waals surface area contributed by atoms with Crippen LogP contribution >= 0.6 is 11.6 Å². The smallest absolute Gasteiger partial charge is 0.303 e. The second-order valence-corrected chi connectivity index (χ2v) is 7.44. The molecule has 0 saturated carbocycles. The first-order valence-corrected chi connectivity index (χ1v) is 10.9. The zero-order valence-electron chi connectivity index (χ0n) is 18.4. The average molecular weight is 457 g/mol. The number of halogens is 1. The van der Waals surface area contributed by atoms with E-state index in [0.717, 1.165) is 11.1 Å². The molecule has 0 N–H and O–H groups in total. The van der Waals surface area contributed by atoms with Crippen LogP contribution < -0.4 is 0 Å². The van der Waals surface area contributed by atoms with Gasteiger partial charge in [-0.2, -0.15) is 0 Å². The SMILES string of the molecule is CC(=O)O[C@@H](COCc1ccccc1)[C@H](/C=C/C=C(\CCl)C(C)=O)OCc1ccccc1. The number of ketones is 1. The van der Waals surface area contributed by atoms with Crippen LogP contribution in [0.15, 0.2) is 84.5 Å². The van der Waals surface area contributed by atoms with Gasteiger partial charge in [-0.05, 0) is 18.1 Å². The van der Waals surface area contributed by atoms with Gasteiger partial charge in [-0.3, -0.25) is 9.59 Å². The van der Waals surface area contributed by atoms with Crippen molar-refractivity contribution >= 4 is 23.4 Å². The summed E-state index contributed by atoms with van der Waals surface area (Å²) in [7, 11) is 0. The number of esters is 1. The van der Waals surface area contributed by atoms with Crippen LogP contribution in [0.2, 0.25) is 0 Å². The van der Waals surface area contributed by atoms with Gasteiger partial charge < -0.3 is 14.2 Å². The third kappa shape index (κ3) is 9.60. The maximum absolute atomic E-state index is 11.8. The molecule has 2 atom stereocenters. The molecule has 0 heterocycles. The molecule has 0 amide bonds. The summed E-state index contributed by atoms with van der Waals surface area (Å²) in [6.45, 7) is 3.67. The number of Topliss-reactive ketones (excluding diaryl/α,β-unsaturated/α-hetero) is 1. The summed E-state index contributed by atoms with van der Waals surface area (Å²) in [6.07, 6.45) is 3.83. The van der Waals surface area contributed by atoms with Crippen LogP contribution in [0.5, 0.6) is 0 Å². The Bertz CT molecular complexity index is 893. The fraction of sp³-hybridized carbons (Fsp3) is 0.308. The quantitative estimate of drug-likeness (QED) is 0.183. The van der Waals surface area contributed by atoms with E-state index in [4.69, 9.17) is 25.8 Å². The second-order valence-electron chi connectivity index (χ2n) is 7.18. The van der Waals surface area contributed by atoms with E-state index in [2.05, 4.69) is 0 Å². The van der Waals surface area contributed by atoms with Gasteiger partial charge in [-0.15, -0.1) is 11.6 Å². The Morgan fingerprint density at radius 3 is 2.06 bits per heavy atom. The lowest BCUT2D eigenvalue weighted by Crippen LogP contribution is -2.35. The van der Waals surface area contributed by atoms with Crippen LogP contribution in [0.3, 0.4) is 0 Å². The van der Waals surface area contributed by atoms with Crippen LogP contribution in [0.1, 0.15) is 25.0 Å². The molecule has 0 aliphatic heterocycles. The summed E-state index contributed by atoms with van der Waals surface area (Å²) in [5.41, 5.74) is 2.48. The highest BCUT2D eigenvalue weighted by Gasteiger charge is 2.23. The number of ether oxygens (including phenoxy) is 3. The number of alkyl halides is 1. The molecule has 170 valence electrons. The molecule has 2 aromatic carbocycles. The summed E-state index contributed by atoms with van der Waals surface area (Å²) in [5.74, 6) is -0.419. The van der Waals surface area contributed by atoms with Crippen molar-refractivity contribution in [2.24, 2.45) is 0 Å². The van der Waals surface area contributed by atoms with E-state index < -0.39 is 18.2 Å². The third-order valence-corrected chi connectivity index (χ3v) is 4.85. The number of carbonyl (C=O) groups is 2. The lowest BCUT2D eigenvalue weighted by Gasteiger charge is -2.25. The largest absolute Gasteiger partial charge is 0.457 e. The molecule has 2 rings (SSSR count). The summed E-state index contributed by atoms with van der Waals surface area (Å²) in [6, 6.07) is 19.4. The fourth-order valence-electron chi connectivity index (χ4n) is 2.87. The summed E-state index contributed by atoms with van der Waals surface area (Å²) < 4.78 is 17.4. The van der Waals surface area contributed by atoms with Crippen LogP contribution in [-0.4, -0.2) is 36.4 Å². The van der Waals surface area contributed by atoms with E-state index in [1.165, 1.54) is 13.8 Å². The van der Waals surface area contributed by atoms with Crippen molar-refractivity contribution in [3.8, 4) is 0 Å². The van der Waals surface area contributed by atoms with Gasteiger partial charge in [0.2, 0.25) is 0 Å². The van der Waals surface area contributed by atoms with Crippen molar-refractivity contribution in [2.45, 2.75) is 39.3 Å². The average Bonchev–Trinajstić information content (AvgIpc) is 2.79. The molecule has 0 saturated heterocycles. The summed E-state index contributed by atoms with van der Waals surface area (Å²) in [4.78, 5) is 23.4. The van der Waals surface area contributed by atoms with Crippen molar-refractivity contribution < 1.29 is 23.8 Å². The third-order valence-electron chi connectivity index (χ3n) is 4.56. The number of rotatable bonds is 13. The number of carbonyl (C=O) groups excluding carboxylic acids is 2. The number of benzene rings is 2. The molecule has 0 aromatic heterocycles. The van der Waals surface area contributed by atoms with E-state index in [0.29, 0.717) is 18.8 Å². The van der Waals surface area contributed by atoms with E-state index in [1.54, 1.807) is 18.2 Å². The van der Waals surface area contributed by atoms with Gasteiger partial charge in [0.25, 0.3) is 0 Å². The number of hydrogen-bond acceptors (Lipinski definition) is 5. The molecule has 2 aromatic rings. The van der Waals surface area contributed by atoms with Gasteiger partial charge in [0, 0.05) is 12.5 Å². The monoisotopic (exact) mass is 456 g/mol. The molecule has 32 heavy (non-hydrogen) atoms. The zero-order chi connectivity index (χ0) is 23.2. The normalized spacial score (nSPS) is 13.7. The Morgan fingerprint density at radius 1 is 0.938 bits per heavy atom. The molecule has 0 bridgehead atoms. The molecule has 6 heteroatoms. The molecule has 5 nitrogen and oxygen atoms in total. The topological polar surface area (TPSA) is 61.8 Å². The molecule has 0 aliphatic carbocycles. The van der Waals surface area contributed by atoms with Crippen LogP contribution in [0.4, 0.5) is 0 Å². The van der Waals surface area contributed by atoms with Crippen LogP contribution in [0, 0.1) is 0 Å². The van der Waals surface area contributed by atoms with E-state index in [-0.39, 0.29) is 18.3 Å². The van der Waals surface area contributed by atoms with Gasteiger partial charge >= 0.3 is 5.97 Å². The summed E-state index contributed by atoms with van der Waals surface area (Å²) in [5, 5.41) is 0. The number of hydrogen-bond donors (Lipinski definition) is 0. The van der Waals surface area contributed by atoms with Crippen molar-refractivity contribution in [2.75, 3.05) is 12.5 Å². The van der Waals surface area contributed by atoms with Gasteiger partial charge in [-0.25, -0.2) is 0 Å². The highest BCUT2D eigenvalue weighted by Crippen LogP contribution is 2.14. The zero-order valence-corrected chi connectivity index (χ0v) is 19.2. The minimum atomic E-state index is -0.665. The Morgan fingerprint density at radius 2 is 1.53 bits per heavy atom.